The number of halogens is 1. The third-order valence-corrected chi connectivity index (χ3v) is 1.46. The summed E-state index contributed by atoms with van der Waals surface area (Å²) in [5.74, 6) is -0.271. The number of rotatable bonds is 1. The fraction of sp³-hybridized carbons (Fsp3) is 0.571. The highest BCUT2D eigenvalue weighted by Gasteiger charge is 2.20. The fourth-order valence-corrected chi connectivity index (χ4v) is 0.965. The predicted octanol–water partition coefficient (Wildman–Crippen LogP) is 0.627. The van der Waals surface area contributed by atoms with Crippen molar-refractivity contribution in [3.63, 3.8) is 0 Å². The molecule has 4 heteroatoms. The van der Waals surface area contributed by atoms with Gasteiger partial charge >= 0.3 is 5.97 Å². The summed E-state index contributed by atoms with van der Waals surface area (Å²) >= 11 is 0. The van der Waals surface area contributed by atoms with E-state index >= 15 is 0 Å². The molecule has 1 aliphatic carbocycles. The van der Waals surface area contributed by atoms with E-state index in [9.17, 15) is 4.79 Å². The lowest BCUT2D eigenvalue weighted by Crippen LogP contribution is -2.32. The number of esters is 1. The molecule has 0 aromatic carbocycles. The van der Waals surface area contributed by atoms with Crippen molar-refractivity contribution in [3.05, 3.63) is 12.2 Å². The maximum Gasteiger partial charge on any atom is 0.303 e. The molecule has 0 heterocycles. The lowest BCUT2D eigenvalue weighted by atomic mass is 10.2. The number of carbonyl (C=O) groups is 1. The van der Waals surface area contributed by atoms with Gasteiger partial charge < -0.3 is 10.5 Å². The number of hydrogen-bond acceptors (Lipinski definition) is 3. The van der Waals surface area contributed by atoms with E-state index < -0.39 is 0 Å². The fourth-order valence-electron chi connectivity index (χ4n) is 0.965. The maximum absolute atomic E-state index is 10.4. The molecule has 0 aromatic heterocycles. The number of nitrogens with two attached hydrogens (primary N) is 1. The molecule has 0 bridgehead atoms. The van der Waals surface area contributed by atoms with Crippen LogP contribution in [0.4, 0.5) is 0 Å². The molecule has 0 aromatic rings. The zero-order chi connectivity index (χ0) is 7.56. The molecule has 1 rings (SSSR count). The first-order valence-electron chi connectivity index (χ1n) is 3.29. The Labute approximate surface area is 72.0 Å². The van der Waals surface area contributed by atoms with Crippen LogP contribution in [0.15, 0.2) is 12.2 Å². The third kappa shape index (κ3) is 2.91. The topological polar surface area (TPSA) is 52.3 Å². The highest BCUT2D eigenvalue weighted by Crippen LogP contribution is 2.11. The average Bonchev–Trinajstić information content (AvgIpc) is 2.15. The molecule has 2 atom stereocenters. The Morgan fingerprint density at radius 3 is 2.73 bits per heavy atom. The molecule has 3 nitrogen and oxygen atoms in total. The van der Waals surface area contributed by atoms with Crippen molar-refractivity contribution >= 4 is 18.4 Å². The minimum Gasteiger partial charge on any atom is -0.457 e. The molecule has 11 heavy (non-hydrogen) atoms. The largest absolute Gasteiger partial charge is 0.457 e. The molecule has 1 aliphatic rings. The minimum absolute atomic E-state index is 0. The average molecular weight is 178 g/mol. The van der Waals surface area contributed by atoms with Gasteiger partial charge in [-0.3, -0.25) is 4.79 Å². The zero-order valence-electron chi connectivity index (χ0n) is 6.32. The van der Waals surface area contributed by atoms with Gasteiger partial charge in [-0.15, -0.1) is 12.4 Å². The van der Waals surface area contributed by atoms with E-state index in [-0.39, 0.29) is 30.5 Å². The van der Waals surface area contributed by atoms with Crippen molar-refractivity contribution in [2.75, 3.05) is 0 Å². The highest BCUT2D eigenvalue weighted by atomic mass is 35.5. The van der Waals surface area contributed by atoms with Gasteiger partial charge in [0.25, 0.3) is 0 Å². The normalized spacial score (nSPS) is 27.8. The monoisotopic (exact) mass is 177 g/mol. The minimum atomic E-state index is -0.271. The van der Waals surface area contributed by atoms with Crippen LogP contribution in [-0.2, 0) is 9.53 Å². The smallest absolute Gasteiger partial charge is 0.303 e. The van der Waals surface area contributed by atoms with Crippen molar-refractivity contribution in [1.82, 2.24) is 0 Å². The molecule has 0 saturated heterocycles. The molecule has 0 saturated carbocycles. The molecule has 0 amide bonds. The Kier molecular flexibility index (Phi) is 4.15. The van der Waals surface area contributed by atoms with E-state index in [2.05, 4.69) is 0 Å². The third-order valence-electron chi connectivity index (χ3n) is 1.46. The summed E-state index contributed by atoms with van der Waals surface area (Å²) in [6.45, 7) is 1.39. The van der Waals surface area contributed by atoms with Gasteiger partial charge in [-0.2, -0.15) is 0 Å². The van der Waals surface area contributed by atoms with Crippen molar-refractivity contribution in [2.24, 2.45) is 5.73 Å². The number of carbonyl (C=O) groups excluding carboxylic acids is 1. The maximum atomic E-state index is 10.4. The summed E-state index contributed by atoms with van der Waals surface area (Å²) in [7, 11) is 0. The summed E-state index contributed by atoms with van der Waals surface area (Å²) < 4.78 is 4.87. The Hall–Kier alpha value is -0.540. The van der Waals surface area contributed by atoms with Crippen LogP contribution < -0.4 is 5.73 Å². The van der Waals surface area contributed by atoms with E-state index in [0.717, 1.165) is 6.42 Å². The molecular formula is C7H12ClNO2. The first kappa shape index (κ1) is 10.5. The van der Waals surface area contributed by atoms with Gasteiger partial charge in [0.05, 0.1) is 0 Å². The van der Waals surface area contributed by atoms with Crippen LogP contribution in [-0.4, -0.2) is 18.1 Å². The van der Waals surface area contributed by atoms with Gasteiger partial charge in [0, 0.05) is 13.0 Å². The Balaban J connectivity index is 0.000001000. The van der Waals surface area contributed by atoms with E-state index in [1.165, 1.54) is 6.92 Å². The SMILES string of the molecule is CC(=O)OC1C=CCC1N.Cl. The zero-order valence-corrected chi connectivity index (χ0v) is 7.14. The molecule has 2 unspecified atom stereocenters. The molecule has 0 spiro atoms. The van der Waals surface area contributed by atoms with Crippen molar-refractivity contribution < 1.29 is 9.53 Å². The van der Waals surface area contributed by atoms with Crippen molar-refractivity contribution in [1.29, 1.82) is 0 Å². The summed E-state index contributed by atoms with van der Waals surface area (Å²) in [6, 6.07) is -0.0381. The molecular weight excluding hydrogens is 166 g/mol. The molecule has 0 aliphatic heterocycles. The standard InChI is InChI=1S/C7H11NO2.ClH/c1-5(9)10-7-4-2-3-6(7)8;/h2,4,6-7H,3,8H2,1H3;1H. The van der Waals surface area contributed by atoms with Crippen LogP contribution in [0.2, 0.25) is 0 Å². The second-order valence-corrected chi connectivity index (χ2v) is 2.40. The molecule has 0 fully saturated rings. The first-order chi connectivity index (χ1) is 4.70. The van der Waals surface area contributed by atoms with Gasteiger partial charge in [0.2, 0.25) is 0 Å². The van der Waals surface area contributed by atoms with Crippen LogP contribution in [0, 0.1) is 0 Å². The van der Waals surface area contributed by atoms with Gasteiger partial charge in [-0.1, -0.05) is 6.08 Å². The van der Waals surface area contributed by atoms with Gasteiger partial charge in [0.1, 0.15) is 6.10 Å². The Bertz CT molecular complexity index is 170. The highest BCUT2D eigenvalue weighted by molar-refractivity contribution is 5.85. The second kappa shape index (κ2) is 4.36. The lowest BCUT2D eigenvalue weighted by Gasteiger charge is -2.13. The molecule has 0 radical (unpaired) electrons. The molecule has 2 N–H and O–H groups in total. The van der Waals surface area contributed by atoms with Crippen LogP contribution in [0.1, 0.15) is 13.3 Å². The van der Waals surface area contributed by atoms with E-state index in [1.807, 2.05) is 12.2 Å². The Morgan fingerprint density at radius 1 is 1.73 bits per heavy atom. The quantitative estimate of drug-likeness (QED) is 0.472. The summed E-state index contributed by atoms with van der Waals surface area (Å²) in [6.07, 6.45) is 4.36. The van der Waals surface area contributed by atoms with Gasteiger partial charge in [-0.25, -0.2) is 0 Å². The second-order valence-electron chi connectivity index (χ2n) is 2.40. The predicted molar refractivity (Wildman–Crippen MR) is 44.5 cm³/mol. The van der Waals surface area contributed by atoms with Gasteiger partial charge in [-0.05, 0) is 12.5 Å². The van der Waals surface area contributed by atoms with E-state index in [1.54, 1.807) is 0 Å². The lowest BCUT2D eigenvalue weighted by molar-refractivity contribution is -0.144. The Morgan fingerprint density at radius 2 is 2.36 bits per heavy atom. The number of ether oxygens (including phenoxy) is 1. The molecule has 64 valence electrons. The van der Waals surface area contributed by atoms with Crippen LogP contribution in [0.5, 0.6) is 0 Å². The van der Waals surface area contributed by atoms with Gasteiger partial charge in [0.15, 0.2) is 0 Å². The van der Waals surface area contributed by atoms with Crippen LogP contribution >= 0.6 is 12.4 Å². The number of hydrogen-bond donors (Lipinski definition) is 1. The van der Waals surface area contributed by atoms with Crippen LogP contribution in [0.3, 0.4) is 0 Å². The van der Waals surface area contributed by atoms with Crippen molar-refractivity contribution in [3.8, 4) is 0 Å². The summed E-state index contributed by atoms with van der Waals surface area (Å²) in [5.41, 5.74) is 5.59. The van der Waals surface area contributed by atoms with E-state index in [4.69, 9.17) is 10.5 Å². The van der Waals surface area contributed by atoms with E-state index in [0.29, 0.717) is 0 Å². The summed E-state index contributed by atoms with van der Waals surface area (Å²) in [4.78, 5) is 10.4. The van der Waals surface area contributed by atoms with Crippen LogP contribution in [0.25, 0.3) is 0 Å². The first-order valence-corrected chi connectivity index (χ1v) is 3.29. The van der Waals surface area contributed by atoms with Crippen molar-refractivity contribution in [2.45, 2.75) is 25.5 Å². The summed E-state index contributed by atoms with van der Waals surface area (Å²) in [5, 5.41) is 0.